The van der Waals surface area contributed by atoms with Crippen LogP contribution in [0, 0.1) is 41.8 Å². The molecule has 186 valence electrons. The first kappa shape index (κ1) is 25.0. The molecular formula is C27H28FN5O3. The van der Waals surface area contributed by atoms with Crippen LogP contribution in [0.1, 0.15) is 39.7 Å². The molecular weight excluding hydrogens is 461 g/mol. The van der Waals surface area contributed by atoms with Crippen molar-refractivity contribution in [2.24, 2.45) is 17.8 Å². The molecule has 3 atom stereocenters. The van der Waals surface area contributed by atoms with E-state index in [1.54, 1.807) is 51.4 Å². The highest BCUT2D eigenvalue weighted by molar-refractivity contribution is 6.04. The number of nitrogens with zero attached hydrogens (tertiary/aromatic N) is 3. The Morgan fingerprint density at radius 2 is 1.94 bits per heavy atom. The number of amides is 2. The predicted molar refractivity (Wildman–Crippen MR) is 135 cm³/mol. The first-order valence-corrected chi connectivity index (χ1v) is 11.7. The van der Waals surface area contributed by atoms with Crippen LogP contribution in [0.4, 0.5) is 20.7 Å². The summed E-state index contributed by atoms with van der Waals surface area (Å²) in [6.45, 7) is 8.94. The molecule has 1 aromatic carbocycles. The van der Waals surface area contributed by atoms with Gasteiger partial charge in [0.1, 0.15) is 11.4 Å². The number of rotatable bonds is 5. The molecule has 1 aliphatic carbocycles. The number of nitriles is 1. The minimum atomic E-state index is -0.800. The van der Waals surface area contributed by atoms with Gasteiger partial charge in [0.05, 0.1) is 11.8 Å². The number of fused-ring (bicyclic) bond motifs is 1. The molecule has 9 heteroatoms. The summed E-state index contributed by atoms with van der Waals surface area (Å²) >= 11 is 0. The Hall–Kier alpha value is -4.06. The number of benzene rings is 1. The van der Waals surface area contributed by atoms with Crippen molar-refractivity contribution in [3.05, 3.63) is 48.2 Å². The van der Waals surface area contributed by atoms with E-state index in [0.29, 0.717) is 28.6 Å². The number of aromatic nitrogens is 2. The molecule has 3 unspecified atom stereocenters. The first-order chi connectivity index (χ1) is 17.0. The van der Waals surface area contributed by atoms with E-state index in [0.717, 1.165) is 5.56 Å². The second kappa shape index (κ2) is 9.53. The number of halogens is 1. The van der Waals surface area contributed by atoms with E-state index in [2.05, 4.69) is 26.7 Å². The van der Waals surface area contributed by atoms with Crippen molar-refractivity contribution in [3.63, 3.8) is 0 Å². The number of carbonyl (C=O) groups excluding carboxylic acids is 2. The van der Waals surface area contributed by atoms with Crippen LogP contribution in [0.5, 0.6) is 0 Å². The van der Waals surface area contributed by atoms with Gasteiger partial charge in [-0.2, -0.15) is 5.26 Å². The minimum Gasteiger partial charge on any atom is -0.444 e. The minimum absolute atomic E-state index is 0.0364. The molecule has 3 aromatic rings. The smallest absolute Gasteiger partial charge is 0.412 e. The number of aryl methyl sites for hydroxylation is 1. The zero-order chi connectivity index (χ0) is 26.2. The molecule has 0 spiro atoms. The summed E-state index contributed by atoms with van der Waals surface area (Å²) in [5.41, 5.74) is 0.772. The van der Waals surface area contributed by atoms with Crippen LogP contribution in [-0.2, 0) is 9.53 Å². The van der Waals surface area contributed by atoms with Gasteiger partial charge in [-0.05, 0) is 68.7 Å². The maximum atomic E-state index is 15.8. The van der Waals surface area contributed by atoms with Crippen molar-refractivity contribution < 1.29 is 18.7 Å². The van der Waals surface area contributed by atoms with E-state index in [1.807, 2.05) is 13.8 Å². The number of nitrogens with one attached hydrogen (secondary N) is 2. The molecule has 1 saturated carbocycles. The molecule has 2 aromatic heterocycles. The highest BCUT2D eigenvalue weighted by Crippen LogP contribution is 2.48. The van der Waals surface area contributed by atoms with Crippen molar-refractivity contribution in [2.75, 3.05) is 10.6 Å². The Morgan fingerprint density at radius 1 is 1.19 bits per heavy atom. The molecule has 1 aliphatic rings. The predicted octanol–water partition coefficient (Wildman–Crippen LogP) is 5.83. The SMILES string of the molecule is Cc1ccncc1-c1cc2cc(NC(=O)C3C(C)C3CC#N)ncc2c(NC(=O)OC(C)(C)C)c1F. The molecule has 36 heavy (non-hydrogen) atoms. The maximum Gasteiger partial charge on any atom is 0.412 e. The lowest BCUT2D eigenvalue weighted by Gasteiger charge is -2.21. The Bertz CT molecular complexity index is 1390. The van der Waals surface area contributed by atoms with Crippen molar-refractivity contribution in [1.29, 1.82) is 5.26 Å². The van der Waals surface area contributed by atoms with Crippen LogP contribution in [0.2, 0.25) is 0 Å². The molecule has 0 saturated heterocycles. The van der Waals surface area contributed by atoms with Crippen molar-refractivity contribution in [3.8, 4) is 17.2 Å². The third-order valence-electron chi connectivity index (χ3n) is 6.36. The average molecular weight is 490 g/mol. The summed E-state index contributed by atoms with van der Waals surface area (Å²) in [4.78, 5) is 33.7. The third-order valence-corrected chi connectivity index (χ3v) is 6.36. The summed E-state index contributed by atoms with van der Waals surface area (Å²) in [7, 11) is 0. The summed E-state index contributed by atoms with van der Waals surface area (Å²) in [5.74, 6) is -0.626. The van der Waals surface area contributed by atoms with Gasteiger partial charge in [0.25, 0.3) is 0 Å². The lowest BCUT2D eigenvalue weighted by atomic mass is 9.98. The molecule has 8 nitrogen and oxygen atoms in total. The van der Waals surface area contributed by atoms with Gasteiger partial charge in [0.15, 0.2) is 5.82 Å². The van der Waals surface area contributed by atoms with Crippen LogP contribution in [0.3, 0.4) is 0 Å². The summed E-state index contributed by atoms with van der Waals surface area (Å²) in [5, 5.41) is 15.2. The molecule has 0 bridgehead atoms. The van der Waals surface area contributed by atoms with E-state index >= 15 is 4.39 Å². The summed E-state index contributed by atoms with van der Waals surface area (Å²) in [6, 6.07) is 7.17. The topological polar surface area (TPSA) is 117 Å². The van der Waals surface area contributed by atoms with Crippen molar-refractivity contribution >= 4 is 34.3 Å². The Labute approximate surface area is 208 Å². The molecule has 2 N–H and O–H groups in total. The quantitative estimate of drug-likeness (QED) is 0.466. The molecule has 4 rings (SSSR count). The third kappa shape index (κ3) is 5.13. The standard InChI is InChI=1S/C27H28FN5O3/c1-14-7-9-30-12-19(14)18-10-16-11-21(32-25(34)22-15(2)17(22)6-8-29)31-13-20(16)24(23(18)28)33-26(35)36-27(3,4)5/h7,9-13,15,17,22H,6H2,1-5H3,(H,33,35)(H,31,32,34). The molecule has 2 heterocycles. The number of carbonyl (C=O) groups is 2. The Morgan fingerprint density at radius 3 is 2.61 bits per heavy atom. The van der Waals surface area contributed by atoms with Gasteiger partial charge < -0.3 is 10.1 Å². The first-order valence-electron chi connectivity index (χ1n) is 11.7. The van der Waals surface area contributed by atoms with Crippen LogP contribution in [0.25, 0.3) is 21.9 Å². The fraction of sp³-hybridized carbons (Fsp3) is 0.370. The Kier molecular flexibility index (Phi) is 6.63. The van der Waals surface area contributed by atoms with Gasteiger partial charge >= 0.3 is 6.09 Å². The van der Waals surface area contributed by atoms with Crippen molar-refractivity contribution in [1.82, 2.24) is 9.97 Å². The van der Waals surface area contributed by atoms with E-state index < -0.39 is 17.5 Å². The molecule has 0 radical (unpaired) electrons. The normalized spacial score (nSPS) is 18.9. The lowest BCUT2D eigenvalue weighted by molar-refractivity contribution is -0.117. The fourth-order valence-corrected chi connectivity index (χ4v) is 4.42. The van der Waals surface area contributed by atoms with Gasteiger partial charge in [0, 0.05) is 47.4 Å². The second-order valence-electron chi connectivity index (χ2n) is 10.1. The maximum absolute atomic E-state index is 15.8. The molecule has 1 fully saturated rings. The summed E-state index contributed by atoms with van der Waals surface area (Å²) < 4.78 is 21.2. The van der Waals surface area contributed by atoms with Crippen LogP contribution < -0.4 is 10.6 Å². The van der Waals surface area contributed by atoms with Crippen LogP contribution in [0.15, 0.2) is 36.8 Å². The molecule has 2 amide bonds. The number of pyridine rings is 2. The second-order valence-corrected chi connectivity index (χ2v) is 10.1. The number of hydrogen-bond acceptors (Lipinski definition) is 6. The average Bonchev–Trinajstić information content (AvgIpc) is 3.44. The van der Waals surface area contributed by atoms with Crippen LogP contribution in [-0.4, -0.2) is 27.6 Å². The lowest BCUT2D eigenvalue weighted by Crippen LogP contribution is -2.27. The number of ether oxygens (including phenoxy) is 1. The Balaban J connectivity index is 1.75. The molecule has 0 aliphatic heterocycles. The zero-order valence-electron chi connectivity index (χ0n) is 20.8. The van der Waals surface area contributed by atoms with Gasteiger partial charge in [0.2, 0.25) is 5.91 Å². The number of anilines is 2. The van der Waals surface area contributed by atoms with E-state index in [9.17, 15) is 9.59 Å². The van der Waals surface area contributed by atoms with Gasteiger partial charge in [-0.1, -0.05) is 6.92 Å². The number of hydrogen-bond donors (Lipinski definition) is 2. The van der Waals surface area contributed by atoms with Crippen LogP contribution >= 0.6 is 0 Å². The van der Waals surface area contributed by atoms with E-state index in [4.69, 9.17) is 10.00 Å². The highest BCUT2D eigenvalue weighted by Gasteiger charge is 2.51. The zero-order valence-corrected chi connectivity index (χ0v) is 20.8. The highest BCUT2D eigenvalue weighted by atomic mass is 19.1. The van der Waals surface area contributed by atoms with E-state index in [-0.39, 0.29) is 34.9 Å². The van der Waals surface area contributed by atoms with Gasteiger partial charge in [-0.3, -0.25) is 15.1 Å². The van der Waals surface area contributed by atoms with Gasteiger partial charge in [-0.25, -0.2) is 14.2 Å². The van der Waals surface area contributed by atoms with E-state index in [1.165, 1.54) is 6.20 Å². The fourth-order valence-electron chi connectivity index (χ4n) is 4.42. The largest absolute Gasteiger partial charge is 0.444 e. The monoisotopic (exact) mass is 489 g/mol. The van der Waals surface area contributed by atoms with Crippen molar-refractivity contribution in [2.45, 2.75) is 46.6 Å². The van der Waals surface area contributed by atoms with Gasteiger partial charge in [-0.15, -0.1) is 0 Å². The summed E-state index contributed by atoms with van der Waals surface area (Å²) in [6.07, 6.45) is 4.12.